The Hall–Kier alpha value is -3.15. The van der Waals surface area contributed by atoms with E-state index in [-0.39, 0.29) is 22.9 Å². The van der Waals surface area contributed by atoms with Gasteiger partial charge >= 0.3 is 21.3 Å². The lowest BCUT2D eigenvalue weighted by Crippen LogP contribution is -2.38. The number of nitrogen functional groups attached to an aromatic ring is 2. The largest absolute Gasteiger partial charge is 0.472 e. The molecule has 23 nitrogen and oxygen atoms in total. The van der Waals surface area contributed by atoms with E-state index in [9.17, 15) is 48.7 Å². The van der Waals surface area contributed by atoms with E-state index in [1.165, 1.54) is 6.07 Å². The number of nitrogens with two attached hydrogens (primary N) is 2. The number of imidazole rings is 1. The molecule has 5 heterocycles. The minimum absolute atomic E-state index is 0.128. The number of aromatic nitrogens is 6. The van der Waals surface area contributed by atoms with Crippen LogP contribution in [0.25, 0.3) is 11.2 Å². The molecular formula is C19H26N8O15P2. The summed E-state index contributed by atoms with van der Waals surface area (Å²) in [4.78, 5) is 67.0. The Labute approximate surface area is 243 Å². The molecule has 0 radical (unpaired) electrons. The van der Waals surface area contributed by atoms with Crippen molar-refractivity contribution in [2.75, 3.05) is 24.7 Å². The number of aliphatic hydroxyl groups excluding tert-OH is 3. The van der Waals surface area contributed by atoms with Gasteiger partial charge in [-0.3, -0.25) is 32.5 Å². The number of rotatable bonds is 10. The highest BCUT2D eigenvalue weighted by Gasteiger charge is 2.52. The highest BCUT2D eigenvalue weighted by atomic mass is 31.2. The van der Waals surface area contributed by atoms with Gasteiger partial charge < -0.3 is 50.9 Å². The Morgan fingerprint density at radius 1 is 0.977 bits per heavy atom. The van der Waals surface area contributed by atoms with Gasteiger partial charge in [-0.15, -0.1) is 0 Å². The fourth-order valence-corrected chi connectivity index (χ4v) is 6.24. The van der Waals surface area contributed by atoms with Crippen LogP contribution in [0.5, 0.6) is 0 Å². The molecule has 0 aliphatic carbocycles. The first kappa shape index (κ1) is 32.2. The summed E-state index contributed by atoms with van der Waals surface area (Å²) in [6, 6.07) is 1.22. The van der Waals surface area contributed by atoms with E-state index < -0.39 is 89.2 Å². The van der Waals surface area contributed by atoms with Crippen LogP contribution < -0.4 is 22.7 Å². The smallest absolute Gasteiger partial charge is 0.394 e. The summed E-state index contributed by atoms with van der Waals surface area (Å²) < 4.78 is 52.0. The second-order valence-electron chi connectivity index (χ2n) is 9.51. The van der Waals surface area contributed by atoms with Gasteiger partial charge in [-0.1, -0.05) is 0 Å². The molecule has 2 aliphatic heterocycles. The molecule has 11 N–H and O–H groups in total. The Kier molecular flexibility index (Phi) is 8.78. The SMILES string of the molecule is Nc1ccn([C@@H]2O[C@H](CO)[C@@H](OP(=O)(O)OC[C@H]3O[C@@H](n4cnc5c(=O)[nH]c(N)nc54)[C@H](O)[C@@H]3OP(=O)(O)O)[C@H]2O)c(=O)n1. The number of hydrogen-bond donors (Lipinski definition) is 9. The van der Waals surface area contributed by atoms with Crippen molar-refractivity contribution in [1.82, 2.24) is 29.1 Å². The lowest BCUT2D eigenvalue weighted by Gasteiger charge is -2.24. The van der Waals surface area contributed by atoms with Crippen molar-refractivity contribution < 1.29 is 62.2 Å². The van der Waals surface area contributed by atoms with Gasteiger partial charge in [0.05, 0.1) is 19.5 Å². The van der Waals surface area contributed by atoms with Gasteiger partial charge in [-0.25, -0.2) is 18.9 Å². The average molecular weight is 668 g/mol. The van der Waals surface area contributed by atoms with E-state index in [1.54, 1.807) is 0 Å². The second-order valence-corrected chi connectivity index (χ2v) is 12.1. The van der Waals surface area contributed by atoms with Gasteiger partial charge in [-0.2, -0.15) is 9.97 Å². The number of phosphoric acid groups is 2. The first-order valence-electron chi connectivity index (χ1n) is 12.3. The molecule has 0 saturated carbocycles. The maximum absolute atomic E-state index is 12.9. The lowest BCUT2D eigenvalue weighted by atomic mass is 10.1. The van der Waals surface area contributed by atoms with Crippen LogP contribution in [0.4, 0.5) is 11.8 Å². The molecule has 2 aliphatic rings. The molecule has 0 amide bonds. The molecule has 0 bridgehead atoms. The van der Waals surface area contributed by atoms with Crippen LogP contribution in [0, 0.1) is 0 Å². The number of ether oxygens (including phenoxy) is 2. The maximum atomic E-state index is 12.9. The molecule has 3 aromatic heterocycles. The number of aliphatic hydroxyl groups is 3. The minimum atomic E-state index is -5.30. The Balaban J connectivity index is 1.34. The molecule has 0 aromatic carbocycles. The summed E-state index contributed by atoms with van der Waals surface area (Å²) in [5.74, 6) is -0.451. The summed E-state index contributed by atoms with van der Waals surface area (Å²) in [5, 5.41) is 31.3. The van der Waals surface area contributed by atoms with E-state index in [1.807, 2.05) is 0 Å². The van der Waals surface area contributed by atoms with E-state index in [0.29, 0.717) is 0 Å². The molecule has 0 spiro atoms. The summed E-state index contributed by atoms with van der Waals surface area (Å²) >= 11 is 0. The third-order valence-corrected chi connectivity index (χ3v) is 8.07. The van der Waals surface area contributed by atoms with E-state index in [0.717, 1.165) is 21.7 Å². The van der Waals surface area contributed by atoms with Crippen molar-refractivity contribution in [2.24, 2.45) is 0 Å². The molecule has 2 fully saturated rings. The van der Waals surface area contributed by atoms with Crippen molar-refractivity contribution in [1.29, 1.82) is 0 Å². The zero-order valence-corrected chi connectivity index (χ0v) is 23.7. The highest BCUT2D eigenvalue weighted by molar-refractivity contribution is 7.47. The number of nitrogens with zero attached hydrogens (tertiary/aromatic N) is 5. The van der Waals surface area contributed by atoms with Crippen LogP contribution in [0.2, 0.25) is 0 Å². The number of H-pyrrole nitrogens is 1. The van der Waals surface area contributed by atoms with Gasteiger partial charge in [0.25, 0.3) is 5.56 Å². The summed E-state index contributed by atoms with van der Waals surface area (Å²) in [5.41, 5.74) is 8.94. The Morgan fingerprint density at radius 3 is 2.25 bits per heavy atom. The number of phosphoric ester groups is 2. The number of aromatic amines is 1. The van der Waals surface area contributed by atoms with Crippen LogP contribution in [0.3, 0.4) is 0 Å². The lowest BCUT2D eigenvalue weighted by molar-refractivity contribution is -0.0593. The Bertz CT molecular complexity index is 1740. The monoisotopic (exact) mass is 668 g/mol. The third-order valence-electron chi connectivity index (χ3n) is 6.57. The zero-order chi connectivity index (χ0) is 32.1. The van der Waals surface area contributed by atoms with Crippen molar-refractivity contribution in [3.05, 3.63) is 39.4 Å². The van der Waals surface area contributed by atoms with Crippen molar-refractivity contribution in [3.63, 3.8) is 0 Å². The van der Waals surface area contributed by atoms with Crippen LogP contribution in [0.1, 0.15) is 12.5 Å². The first-order valence-corrected chi connectivity index (χ1v) is 15.4. The van der Waals surface area contributed by atoms with Crippen LogP contribution in [-0.2, 0) is 32.2 Å². The van der Waals surface area contributed by atoms with Crippen molar-refractivity contribution in [2.45, 2.75) is 49.1 Å². The fraction of sp³-hybridized carbons (Fsp3) is 0.526. The summed E-state index contributed by atoms with van der Waals surface area (Å²) in [6.07, 6.45) is -11.4. The van der Waals surface area contributed by atoms with E-state index >= 15 is 0 Å². The predicted molar refractivity (Wildman–Crippen MR) is 140 cm³/mol. The summed E-state index contributed by atoms with van der Waals surface area (Å²) in [6.45, 7) is -1.85. The van der Waals surface area contributed by atoms with Crippen molar-refractivity contribution >= 4 is 38.6 Å². The molecule has 25 heteroatoms. The number of anilines is 2. The van der Waals surface area contributed by atoms with Gasteiger partial charge in [-0.05, 0) is 6.07 Å². The van der Waals surface area contributed by atoms with Gasteiger partial charge in [0.1, 0.15) is 42.4 Å². The minimum Gasteiger partial charge on any atom is -0.394 e. The van der Waals surface area contributed by atoms with E-state index in [4.69, 9.17) is 30.0 Å². The number of hydrogen-bond acceptors (Lipinski definition) is 17. The predicted octanol–water partition coefficient (Wildman–Crippen LogP) is -3.97. The molecular weight excluding hydrogens is 642 g/mol. The Morgan fingerprint density at radius 2 is 1.61 bits per heavy atom. The standard InChI is InChI=1S/C19H26N8O15P2/c20-8-1-2-26(19(32)23-8)16-10(29)12(6(3-28)39-16)42-44(36,37)38-4-7-13(41-43(33,34)35)11(30)17(40-7)27-5-22-9-14(27)24-18(21)25-15(9)31/h1-2,5-7,10-13,16-17,28-30H,3-4H2,(H,36,37)(H2,20,23,32)(H2,33,34,35)(H3,21,24,25,31)/t6-,7-,10-,11-,12-,13-,16-,17-/m1/s1. The topological polar surface area (TPSA) is 352 Å². The fourth-order valence-electron chi connectivity index (χ4n) is 4.70. The molecule has 1 unspecified atom stereocenters. The molecule has 9 atom stereocenters. The number of nitrogens with one attached hydrogen (secondary N) is 1. The quantitative estimate of drug-likeness (QED) is 0.0930. The maximum Gasteiger partial charge on any atom is 0.472 e. The van der Waals surface area contributed by atoms with Crippen molar-refractivity contribution in [3.8, 4) is 0 Å². The number of fused-ring (bicyclic) bond motifs is 1. The van der Waals surface area contributed by atoms with Gasteiger partial charge in [0.2, 0.25) is 5.95 Å². The van der Waals surface area contributed by atoms with E-state index in [2.05, 4.69) is 24.5 Å². The molecule has 44 heavy (non-hydrogen) atoms. The van der Waals surface area contributed by atoms with Crippen LogP contribution in [-0.4, -0.2) is 109 Å². The molecule has 242 valence electrons. The molecule has 3 aromatic rings. The third kappa shape index (κ3) is 6.46. The van der Waals surface area contributed by atoms with Gasteiger partial charge in [0, 0.05) is 6.20 Å². The summed E-state index contributed by atoms with van der Waals surface area (Å²) in [7, 11) is -10.5. The van der Waals surface area contributed by atoms with Gasteiger partial charge in [0.15, 0.2) is 23.6 Å². The molecule has 2 saturated heterocycles. The normalized spacial score (nSPS) is 30.6. The molecule has 5 rings (SSSR count). The highest BCUT2D eigenvalue weighted by Crippen LogP contribution is 2.50. The first-order chi connectivity index (χ1) is 20.6. The zero-order valence-electron chi connectivity index (χ0n) is 21.9. The average Bonchev–Trinajstić information content (AvgIpc) is 3.56. The second kappa shape index (κ2) is 12.0. The van der Waals surface area contributed by atoms with Crippen LogP contribution >= 0.6 is 15.6 Å². The van der Waals surface area contributed by atoms with Crippen LogP contribution in [0.15, 0.2) is 28.2 Å².